The Balaban J connectivity index is 1.80. The number of carbonyl (C=O) groups excluding carboxylic acids is 1. The van der Waals surface area contributed by atoms with Crippen molar-refractivity contribution in [3.05, 3.63) is 11.6 Å². The molecule has 0 saturated heterocycles. The van der Waals surface area contributed by atoms with Crippen LogP contribution < -0.4 is 0 Å². The largest absolute Gasteiger partial charge is 0.465 e. The van der Waals surface area contributed by atoms with Gasteiger partial charge in [0.25, 0.3) is 0 Å². The summed E-state index contributed by atoms with van der Waals surface area (Å²) in [5.74, 6) is 2.04. The summed E-state index contributed by atoms with van der Waals surface area (Å²) in [6.45, 7) is 2.27. The summed E-state index contributed by atoms with van der Waals surface area (Å²) in [6, 6.07) is 0. The molecule has 1 N–H and O–H groups in total. The lowest BCUT2D eigenvalue weighted by molar-refractivity contribution is -0.147. The van der Waals surface area contributed by atoms with E-state index in [4.69, 9.17) is 4.74 Å². The number of ether oxygens (including phenoxy) is 1. The molecule has 1 heterocycles. The monoisotopic (exact) mass is 277 g/mol. The standard InChI is InChI=1S/C15H23N3O2/c1-2-20-15(19)12(10-6-4-3-5-7-10)14-16-13(17-18-14)11-8-9-11/h10-12H,2-9H2,1H3,(H,16,17,18)/t12-/m0/s1. The van der Waals surface area contributed by atoms with Gasteiger partial charge in [-0.25, -0.2) is 4.98 Å². The molecule has 5 nitrogen and oxygen atoms in total. The number of nitrogens with zero attached hydrogens (tertiary/aromatic N) is 2. The van der Waals surface area contributed by atoms with Crippen molar-refractivity contribution >= 4 is 5.97 Å². The molecule has 110 valence electrons. The van der Waals surface area contributed by atoms with Gasteiger partial charge in [-0.15, -0.1) is 0 Å². The van der Waals surface area contributed by atoms with Crippen molar-refractivity contribution < 1.29 is 9.53 Å². The van der Waals surface area contributed by atoms with E-state index in [1.165, 1.54) is 32.1 Å². The highest BCUT2D eigenvalue weighted by Gasteiger charge is 2.36. The molecule has 0 spiro atoms. The maximum Gasteiger partial charge on any atom is 0.317 e. The van der Waals surface area contributed by atoms with Gasteiger partial charge in [0, 0.05) is 5.92 Å². The maximum atomic E-state index is 12.3. The fraction of sp³-hybridized carbons (Fsp3) is 0.800. The van der Waals surface area contributed by atoms with E-state index in [0.717, 1.165) is 18.7 Å². The summed E-state index contributed by atoms with van der Waals surface area (Å²) < 4.78 is 5.26. The lowest BCUT2D eigenvalue weighted by Crippen LogP contribution is -2.26. The number of esters is 1. The SMILES string of the molecule is CCOC(=O)[C@H](c1n[nH]c(C2CC2)n1)C1CCCCC1. The minimum Gasteiger partial charge on any atom is -0.465 e. The second-order valence-electron chi connectivity index (χ2n) is 5.98. The molecule has 2 aliphatic carbocycles. The van der Waals surface area contributed by atoms with Gasteiger partial charge in [0.05, 0.1) is 6.61 Å². The van der Waals surface area contributed by atoms with Crippen LogP contribution in [0.5, 0.6) is 0 Å². The average molecular weight is 277 g/mol. The summed E-state index contributed by atoms with van der Waals surface area (Å²) in [5, 5.41) is 7.33. The number of hydrogen-bond donors (Lipinski definition) is 1. The number of H-pyrrole nitrogens is 1. The normalized spacial score (nSPS) is 21.6. The summed E-state index contributed by atoms with van der Waals surface area (Å²) >= 11 is 0. The lowest BCUT2D eigenvalue weighted by atomic mass is 9.79. The molecule has 0 amide bonds. The van der Waals surface area contributed by atoms with Crippen molar-refractivity contribution in [2.45, 2.75) is 63.7 Å². The first-order valence-electron chi connectivity index (χ1n) is 7.88. The van der Waals surface area contributed by atoms with Gasteiger partial charge in [0.2, 0.25) is 0 Å². The molecule has 0 aromatic carbocycles. The molecule has 5 heteroatoms. The number of rotatable bonds is 5. The molecule has 0 radical (unpaired) electrons. The van der Waals surface area contributed by atoms with E-state index in [9.17, 15) is 4.79 Å². The Hall–Kier alpha value is -1.39. The van der Waals surface area contributed by atoms with Crippen molar-refractivity contribution in [1.82, 2.24) is 15.2 Å². The van der Waals surface area contributed by atoms with Crippen LogP contribution in [0.1, 0.15) is 75.4 Å². The Bertz CT molecular complexity index is 461. The zero-order valence-electron chi connectivity index (χ0n) is 12.1. The van der Waals surface area contributed by atoms with Crippen LogP contribution in [-0.2, 0) is 9.53 Å². The summed E-state index contributed by atoms with van der Waals surface area (Å²) in [5.41, 5.74) is 0. The Kier molecular flexibility index (Phi) is 4.03. The molecule has 0 bridgehead atoms. The van der Waals surface area contributed by atoms with Crippen molar-refractivity contribution in [2.24, 2.45) is 5.92 Å². The second kappa shape index (κ2) is 5.94. The highest BCUT2D eigenvalue weighted by Crippen LogP contribution is 2.40. The second-order valence-corrected chi connectivity index (χ2v) is 5.98. The summed E-state index contributed by atoms with van der Waals surface area (Å²) in [4.78, 5) is 16.9. The average Bonchev–Trinajstić information content (AvgIpc) is 3.21. The number of carbonyl (C=O) groups is 1. The van der Waals surface area contributed by atoms with Gasteiger partial charge in [-0.3, -0.25) is 9.89 Å². The van der Waals surface area contributed by atoms with Gasteiger partial charge in [0.1, 0.15) is 11.7 Å². The fourth-order valence-corrected chi connectivity index (χ4v) is 3.17. The van der Waals surface area contributed by atoms with Crippen LogP contribution >= 0.6 is 0 Å². The molecule has 1 aromatic rings. The third kappa shape index (κ3) is 2.86. The Morgan fingerprint density at radius 3 is 2.70 bits per heavy atom. The number of nitrogens with one attached hydrogen (secondary N) is 1. The van der Waals surface area contributed by atoms with Crippen molar-refractivity contribution in [1.29, 1.82) is 0 Å². The molecular formula is C15H23N3O2. The Morgan fingerprint density at radius 2 is 2.05 bits per heavy atom. The topological polar surface area (TPSA) is 67.9 Å². The summed E-state index contributed by atoms with van der Waals surface area (Å²) in [7, 11) is 0. The van der Waals surface area contributed by atoms with Crippen LogP contribution in [0.25, 0.3) is 0 Å². The Morgan fingerprint density at radius 1 is 1.30 bits per heavy atom. The molecule has 2 fully saturated rings. The van der Waals surface area contributed by atoms with E-state index in [1.54, 1.807) is 0 Å². The predicted molar refractivity (Wildman–Crippen MR) is 74.3 cm³/mol. The van der Waals surface area contributed by atoms with Crippen LogP contribution in [0.4, 0.5) is 0 Å². The number of aromatic nitrogens is 3. The highest BCUT2D eigenvalue weighted by molar-refractivity contribution is 5.77. The first-order chi connectivity index (χ1) is 9.79. The van der Waals surface area contributed by atoms with Crippen molar-refractivity contribution in [3.63, 3.8) is 0 Å². The fourth-order valence-electron chi connectivity index (χ4n) is 3.17. The van der Waals surface area contributed by atoms with Gasteiger partial charge in [-0.1, -0.05) is 19.3 Å². The van der Waals surface area contributed by atoms with E-state index < -0.39 is 0 Å². The quantitative estimate of drug-likeness (QED) is 0.840. The van der Waals surface area contributed by atoms with E-state index >= 15 is 0 Å². The minimum absolute atomic E-state index is 0.152. The van der Waals surface area contributed by atoms with Crippen LogP contribution in [-0.4, -0.2) is 27.8 Å². The third-order valence-corrected chi connectivity index (χ3v) is 4.42. The van der Waals surface area contributed by atoms with E-state index in [0.29, 0.717) is 24.3 Å². The van der Waals surface area contributed by atoms with Gasteiger partial charge in [0.15, 0.2) is 5.82 Å². The molecule has 1 atom stereocenters. The molecule has 1 aromatic heterocycles. The Labute approximate surface area is 119 Å². The molecule has 0 aliphatic heterocycles. The summed E-state index contributed by atoms with van der Waals surface area (Å²) in [6.07, 6.45) is 8.19. The molecule has 2 aliphatic rings. The van der Waals surface area contributed by atoms with Crippen LogP contribution in [0.15, 0.2) is 0 Å². The van der Waals surface area contributed by atoms with Crippen LogP contribution in [0, 0.1) is 5.92 Å². The first kappa shape index (κ1) is 13.6. The minimum atomic E-state index is -0.279. The number of hydrogen-bond acceptors (Lipinski definition) is 4. The smallest absolute Gasteiger partial charge is 0.317 e. The third-order valence-electron chi connectivity index (χ3n) is 4.42. The molecule has 2 saturated carbocycles. The van der Waals surface area contributed by atoms with Gasteiger partial charge in [-0.05, 0) is 38.5 Å². The lowest BCUT2D eigenvalue weighted by Gasteiger charge is -2.26. The number of aromatic amines is 1. The van der Waals surface area contributed by atoms with Gasteiger partial charge < -0.3 is 4.74 Å². The first-order valence-corrected chi connectivity index (χ1v) is 7.88. The maximum absolute atomic E-state index is 12.3. The van der Waals surface area contributed by atoms with E-state index in [1.807, 2.05) is 6.92 Å². The predicted octanol–water partition coefficient (Wildman–Crippen LogP) is 2.91. The van der Waals surface area contributed by atoms with Crippen LogP contribution in [0.2, 0.25) is 0 Å². The molecular weight excluding hydrogens is 254 g/mol. The van der Waals surface area contributed by atoms with Crippen molar-refractivity contribution in [3.8, 4) is 0 Å². The van der Waals surface area contributed by atoms with E-state index in [2.05, 4.69) is 15.2 Å². The zero-order chi connectivity index (χ0) is 13.9. The molecule has 0 unspecified atom stereocenters. The molecule has 3 rings (SSSR count). The van der Waals surface area contributed by atoms with Gasteiger partial charge in [-0.2, -0.15) is 5.10 Å². The van der Waals surface area contributed by atoms with E-state index in [-0.39, 0.29) is 11.9 Å². The zero-order valence-corrected chi connectivity index (χ0v) is 12.1. The van der Waals surface area contributed by atoms with Crippen LogP contribution in [0.3, 0.4) is 0 Å². The highest BCUT2D eigenvalue weighted by atomic mass is 16.5. The van der Waals surface area contributed by atoms with Gasteiger partial charge >= 0.3 is 5.97 Å². The molecule has 20 heavy (non-hydrogen) atoms. The van der Waals surface area contributed by atoms with Crippen molar-refractivity contribution in [2.75, 3.05) is 6.61 Å².